The zero-order valence-corrected chi connectivity index (χ0v) is 12.9. The molecule has 2 N–H and O–H groups in total. The number of pyridine rings is 1. The first-order chi connectivity index (χ1) is 9.42. The summed E-state index contributed by atoms with van der Waals surface area (Å²) in [6.07, 6.45) is 3.12. The number of anilines is 1. The molecule has 0 radical (unpaired) electrons. The average Bonchev–Trinajstić information content (AvgIpc) is 2.41. The van der Waals surface area contributed by atoms with E-state index in [1.54, 1.807) is 12.1 Å². The van der Waals surface area contributed by atoms with Crippen molar-refractivity contribution in [3.05, 3.63) is 22.8 Å². The van der Waals surface area contributed by atoms with E-state index in [0.29, 0.717) is 23.7 Å². The number of aliphatic carboxylic acids is 1. The highest BCUT2D eigenvalue weighted by Gasteiger charge is 2.37. The highest BCUT2D eigenvalue weighted by molar-refractivity contribution is 9.10. The second-order valence-electron chi connectivity index (χ2n) is 4.40. The van der Waals surface area contributed by atoms with Gasteiger partial charge in [0.05, 0.1) is 4.47 Å². The van der Waals surface area contributed by atoms with Gasteiger partial charge in [0.25, 0.3) is 0 Å². The van der Waals surface area contributed by atoms with Crippen LogP contribution in [0, 0.1) is 0 Å². The lowest BCUT2D eigenvalue weighted by Gasteiger charge is -2.31. The summed E-state index contributed by atoms with van der Waals surface area (Å²) in [6, 6.07) is 2.28. The minimum absolute atomic E-state index is 0.141. The Labute approximate surface area is 125 Å². The van der Waals surface area contributed by atoms with E-state index in [1.165, 1.54) is 6.20 Å². The molecule has 0 amide bonds. The number of aromatic nitrogens is 1. The van der Waals surface area contributed by atoms with Crippen LogP contribution in [-0.2, 0) is 15.0 Å². The fourth-order valence-electron chi connectivity index (χ4n) is 2.08. The third-order valence-corrected chi connectivity index (χ3v) is 5.18. The summed E-state index contributed by atoms with van der Waals surface area (Å²) in [5.74, 6) is -0.989. The monoisotopic (exact) mass is 363 g/mol. The first-order valence-electron chi connectivity index (χ1n) is 6.05. The third-order valence-electron chi connectivity index (χ3n) is 3.03. The Bertz CT molecular complexity index is 607. The summed E-state index contributed by atoms with van der Waals surface area (Å²) >= 11 is 3.19. The number of hydrogen-bond acceptors (Lipinski definition) is 4. The zero-order chi connectivity index (χ0) is 14.8. The van der Waals surface area contributed by atoms with Gasteiger partial charge in [0.2, 0.25) is 0 Å². The average molecular weight is 364 g/mol. The fourth-order valence-corrected chi connectivity index (χ4v) is 3.99. The fraction of sp³-hybridized carbons (Fsp3) is 0.455. The van der Waals surface area contributed by atoms with Crippen LogP contribution in [0.25, 0.3) is 0 Å². The first kappa shape index (κ1) is 15.2. The van der Waals surface area contributed by atoms with Crippen LogP contribution >= 0.6 is 15.9 Å². The molecular formula is C11H14BrN3O4S. The second kappa shape index (κ2) is 6.06. The number of halogens is 1. The Morgan fingerprint density at radius 2 is 2.25 bits per heavy atom. The number of hydrogen-bond donors (Lipinski definition) is 2. The Morgan fingerprint density at radius 3 is 2.90 bits per heavy atom. The van der Waals surface area contributed by atoms with Gasteiger partial charge in [-0.1, -0.05) is 0 Å². The molecule has 7 nitrogen and oxygen atoms in total. The van der Waals surface area contributed by atoms with Crippen LogP contribution in [-0.4, -0.2) is 41.4 Å². The van der Waals surface area contributed by atoms with Gasteiger partial charge in [0, 0.05) is 12.7 Å². The number of carboxylic acid groups (broad SMARTS) is 1. The van der Waals surface area contributed by atoms with Crippen molar-refractivity contribution < 1.29 is 18.3 Å². The number of nitrogens with one attached hydrogen (secondary N) is 1. The Hall–Kier alpha value is -1.19. The Morgan fingerprint density at radius 1 is 1.50 bits per heavy atom. The largest absolute Gasteiger partial charge is 0.480 e. The molecule has 0 aliphatic carbocycles. The smallest absolute Gasteiger partial charge is 0.322 e. The molecule has 1 unspecified atom stereocenters. The van der Waals surface area contributed by atoms with Crippen molar-refractivity contribution >= 4 is 37.9 Å². The van der Waals surface area contributed by atoms with E-state index >= 15 is 0 Å². The number of piperidine rings is 1. The molecular weight excluding hydrogens is 350 g/mol. The highest BCUT2D eigenvalue weighted by atomic mass is 79.9. The molecule has 0 aromatic carbocycles. The van der Waals surface area contributed by atoms with Gasteiger partial charge in [-0.25, -0.2) is 4.98 Å². The molecule has 1 aromatic heterocycles. The van der Waals surface area contributed by atoms with Gasteiger partial charge < -0.3 is 5.11 Å². The molecule has 110 valence electrons. The summed E-state index contributed by atoms with van der Waals surface area (Å²) in [4.78, 5) is 15.1. The van der Waals surface area contributed by atoms with Gasteiger partial charge in [-0.15, -0.1) is 0 Å². The van der Waals surface area contributed by atoms with Crippen LogP contribution in [0.3, 0.4) is 0 Å². The lowest BCUT2D eigenvalue weighted by atomic mass is 10.1. The summed E-state index contributed by atoms with van der Waals surface area (Å²) in [6.45, 7) is 0.191. The molecule has 20 heavy (non-hydrogen) atoms. The van der Waals surface area contributed by atoms with Crippen molar-refractivity contribution in [1.82, 2.24) is 9.29 Å². The minimum Gasteiger partial charge on any atom is -0.480 e. The van der Waals surface area contributed by atoms with Crippen molar-refractivity contribution in [2.45, 2.75) is 25.3 Å². The molecule has 0 bridgehead atoms. The maximum Gasteiger partial charge on any atom is 0.322 e. The molecule has 1 aromatic rings. The van der Waals surface area contributed by atoms with Crippen LogP contribution in [0.4, 0.5) is 5.82 Å². The molecule has 1 aliphatic rings. The molecule has 1 fully saturated rings. The number of nitrogens with zero attached hydrogens (tertiary/aromatic N) is 2. The maximum absolute atomic E-state index is 12.3. The predicted molar refractivity (Wildman–Crippen MR) is 76.5 cm³/mol. The van der Waals surface area contributed by atoms with Gasteiger partial charge in [-0.2, -0.15) is 12.7 Å². The van der Waals surface area contributed by atoms with Crippen LogP contribution in [0.15, 0.2) is 22.8 Å². The van der Waals surface area contributed by atoms with E-state index in [9.17, 15) is 13.2 Å². The third kappa shape index (κ3) is 3.28. The zero-order valence-electron chi connectivity index (χ0n) is 10.5. The van der Waals surface area contributed by atoms with Crippen molar-refractivity contribution in [1.29, 1.82) is 0 Å². The molecule has 2 heterocycles. The van der Waals surface area contributed by atoms with Crippen molar-refractivity contribution in [2.24, 2.45) is 0 Å². The van der Waals surface area contributed by atoms with E-state index in [-0.39, 0.29) is 12.4 Å². The van der Waals surface area contributed by atoms with Crippen molar-refractivity contribution in [3.8, 4) is 0 Å². The van der Waals surface area contributed by atoms with Gasteiger partial charge in [0.1, 0.15) is 6.04 Å². The highest BCUT2D eigenvalue weighted by Crippen LogP contribution is 2.24. The van der Waals surface area contributed by atoms with Gasteiger partial charge in [0.15, 0.2) is 5.82 Å². The maximum atomic E-state index is 12.3. The number of carboxylic acids is 1. The standard InChI is InChI=1S/C11H14BrN3O4S/c12-8-4-3-6-13-10(8)14-20(18,19)15-7-2-1-5-9(15)11(16)17/h3-4,6,9H,1-2,5,7H2,(H,13,14)(H,16,17). The number of rotatable bonds is 4. The van der Waals surface area contributed by atoms with Gasteiger partial charge in [-0.05, 0) is 47.3 Å². The van der Waals surface area contributed by atoms with Crippen LogP contribution in [0.5, 0.6) is 0 Å². The van der Waals surface area contributed by atoms with E-state index < -0.39 is 22.2 Å². The van der Waals surface area contributed by atoms with Crippen molar-refractivity contribution in [2.75, 3.05) is 11.3 Å². The van der Waals surface area contributed by atoms with E-state index in [4.69, 9.17) is 5.11 Å². The Balaban J connectivity index is 2.25. The minimum atomic E-state index is -3.94. The topological polar surface area (TPSA) is 99.6 Å². The molecule has 9 heteroatoms. The molecule has 2 rings (SSSR count). The summed E-state index contributed by atoms with van der Waals surface area (Å²) in [7, 11) is -3.94. The van der Waals surface area contributed by atoms with Crippen molar-refractivity contribution in [3.63, 3.8) is 0 Å². The van der Waals surface area contributed by atoms with E-state index in [0.717, 1.165) is 4.31 Å². The van der Waals surface area contributed by atoms with Gasteiger partial charge >= 0.3 is 16.2 Å². The normalized spacial score (nSPS) is 20.6. The van der Waals surface area contributed by atoms with E-state index in [1.807, 2.05) is 0 Å². The number of carbonyl (C=O) groups is 1. The van der Waals surface area contributed by atoms with Crippen LogP contribution < -0.4 is 4.72 Å². The molecule has 1 aliphatic heterocycles. The lowest BCUT2D eigenvalue weighted by Crippen LogP contribution is -2.50. The molecule has 0 spiro atoms. The van der Waals surface area contributed by atoms with Crippen LogP contribution in [0.2, 0.25) is 0 Å². The van der Waals surface area contributed by atoms with E-state index in [2.05, 4.69) is 25.6 Å². The summed E-state index contributed by atoms with van der Waals surface area (Å²) in [5.41, 5.74) is 0. The van der Waals surface area contributed by atoms with Crippen LogP contribution in [0.1, 0.15) is 19.3 Å². The molecule has 0 saturated carbocycles. The lowest BCUT2D eigenvalue weighted by molar-refractivity contribution is -0.142. The SMILES string of the molecule is O=C(O)C1CCCCN1S(=O)(=O)Nc1ncccc1Br. The van der Waals surface area contributed by atoms with Gasteiger partial charge in [-0.3, -0.25) is 9.52 Å². The summed E-state index contributed by atoms with van der Waals surface area (Å²) in [5, 5.41) is 9.13. The summed E-state index contributed by atoms with van der Waals surface area (Å²) < 4.78 is 28.4. The Kier molecular flexibility index (Phi) is 4.61. The second-order valence-corrected chi connectivity index (χ2v) is 6.88. The molecule has 1 atom stereocenters. The molecule has 1 saturated heterocycles. The predicted octanol–water partition coefficient (Wildman–Crippen LogP) is 1.44. The first-order valence-corrected chi connectivity index (χ1v) is 8.28. The quantitative estimate of drug-likeness (QED) is 0.842.